The maximum atomic E-state index is 12.6. The van der Waals surface area contributed by atoms with Gasteiger partial charge >= 0.3 is 0 Å². The number of amides is 1. The number of hydrogen-bond acceptors (Lipinski definition) is 3. The quantitative estimate of drug-likeness (QED) is 0.655. The number of rotatable bonds is 2. The van der Waals surface area contributed by atoms with Crippen molar-refractivity contribution < 1.29 is 14.3 Å². The van der Waals surface area contributed by atoms with Crippen LogP contribution in [0.1, 0.15) is 29.3 Å². The summed E-state index contributed by atoms with van der Waals surface area (Å²) in [7, 11) is 0. The van der Waals surface area contributed by atoms with E-state index in [4.69, 9.17) is 4.74 Å². The third-order valence-corrected chi connectivity index (χ3v) is 4.56. The molecule has 1 heterocycles. The van der Waals surface area contributed by atoms with Crippen molar-refractivity contribution in [3.05, 3.63) is 77.9 Å². The standard InChI is InChI=1S/C22H17NO3/c1-14(16-11-6-8-15-7-2-3-9-17(15)16)23-22(25)21-13-19(24)18-10-4-5-12-20(18)26-21/h2-12,21H,13H2,1H3/b23-14+/t21-/m1/s1. The Morgan fingerprint density at radius 2 is 1.73 bits per heavy atom. The molecule has 3 aromatic carbocycles. The fourth-order valence-electron chi connectivity index (χ4n) is 3.25. The van der Waals surface area contributed by atoms with E-state index in [0.717, 1.165) is 16.3 Å². The number of fused-ring (bicyclic) bond motifs is 2. The molecule has 1 atom stereocenters. The topological polar surface area (TPSA) is 55.7 Å². The summed E-state index contributed by atoms with van der Waals surface area (Å²) in [5.74, 6) is -0.0818. The molecule has 128 valence electrons. The summed E-state index contributed by atoms with van der Waals surface area (Å²) >= 11 is 0. The first kappa shape index (κ1) is 16.2. The Bertz CT molecular complexity index is 1050. The second-order valence-electron chi connectivity index (χ2n) is 6.29. The van der Waals surface area contributed by atoms with E-state index in [9.17, 15) is 9.59 Å². The lowest BCUT2D eigenvalue weighted by Crippen LogP contribution is -2.33. The van der Waals surface area contributed by atoms with Crippen LogP contribution < -0.4 is 4.74 Å². The van der Waals surface area contributed by atoms with Crippen LogP contribution in [0.3, 0.4) is 0 Å². The predicted octanol–water partition coefficient (Wildman–Crippen LogP) is 4.21. The lowest BCUT2D eigenvalue weighted by atomic mass is 10.00. The number of benzene rings is 3. The monoisotopic (exact) mass is 343 g/mol. The Labute approximate surface area is 151 Å². The Kier molecular flexibility index (Phi) is 4.09. The summed E-state index contributed by atoms with van der Waals surface area (Å²) in [4.78, 5) is 29.1. The highest BCUT2D eigenvalue weighted by molar-refractivity contribution is 6.14. The van der Waals surface area contributed by atoms with Crippen molar-refractivity contribution in [3.63, 3.8) is 0 Å². The van der Waals surface area contributed by atoms with Gasteiger partial charge in [-0.3, -0.25) is 9.59 Å². The average Bonchev–Trinajstić information content (AvgIpc) is 2.67. The van der Waals surface area contributed by atoms with E-state index in [0.29, 0.717) is 17.0 Å². The number of ether oxygens (including phenoxy) is 1. The summed E-state index contributed by atoms with van der Waals surface area (Å²) < 4.78 is 5.71. The van der Waals surface area contributed by atoms with E-state index in [2.05, 4.69) is 4.99 Å². The maximum Gasteiger partial charge on any atom is 0.287 e. The van der Waals surface area contributed by atoms with Crippen molar-refractivity contribution in [2.24, 2.45) is 4.99 Å². The zero-order valence-electron chi connectivity index (χ0n) is 14.3. The predicted molar refractivity (Wildman–Crippen MR) is 101 cm³/mol. The van der Waals surface area contributed by atoms with Gasteiger partial charge in [-0.2, -0.15) is 0 Å². The van der Waals surface area contributed by atoms with E-state index >= 15 is 0 Å². The molecule has 0 spiro atoms. The Hall–Kier alpha value is -3.27. The Balaban J connectivity index is 1.64. The van der Waals surface area contributed by atoms with Gasteiger partial charge in [-0.1, -0.05) is 54.6 Å². The summed E-state index contributed by atoms with van der Waals surface area (Å²) in [6.45, 7) is 1.80. The van der Waals surface area contributed by atoms with Crippen LogP contribution in [0.4, 0.5) is 0 Å². The highest BCUT2D eigenvalue weighted by atomic mass is 16.5. The van der Waals surface area contributed by atoms with Crippen molar-refractivity contribution in [2.45, 2.75) is 19.4 Å². The number of para-hydroxylation sites is 1. The number of carbonyl (C=O) groups is 2. The molecule has 0 N–H and O–H groups in total. The van der Waals surface area contributed by atoms with Gasteiger partial charge in [0.05, 0.1) is 12.0 Å². The summed E-state index contributed by atoms with van der Waals surface area (Å²) in [6.07, 6.45) is -0.857. The lowest BCUT2D eigenvalue weighted by molar-refractivity contribution is -0.124. The van der Waals surface area contributed by atoms with Crippen LogP contribution in [0.2, 0.25) is 0 Å². The van der Waals surface area contributed by atoms with Gasteiger partial charge in [0, 0.05) is 11.3 Å². The third kappa shape index (κ3) is 2.90. The first-order valence-electron chi connectivity index (χ1n) is 8.49. The van der Waals surface area contributed by atoms with Crippen LogP contribution in [0.5, 0.6) is 5.75 Å². The molecule has 0 unspecified atom stereocenters. The van der Waals surface area contributed by atoms with Crippen molar-refractivity contribution in [2.75, 3.05) is 0 Å². The van der Waals surface area contributed by atoms with Crippen LogP contribution in [-0.2, 0) is 4.79 Å². The van der Waals surface area contributed by atoms with E-state index < -0.39 is 12.0 Å². The highest BCUT2D eigenvalue weighted by Crippen LogP contribution is 2.28. The first-order chi connectivity index (χ1) is 12.6. The van der Waals surface area contributed by atoms with Gasteiger partial charge in [-0.15, -0.1) is 0 Å². The molecule has 1 aliphatic heterocycles. The largest absolute Gasteiger partial charge is 0.479 e. The molecular formula is C22H17NO3. The van der Waals surface area contributed by atoms with E-state index in [1.807, 2.05) is 42.5 Å². The molecule has 0 radical (unpaired) electrons. The van der Waals surface area contributed by atoms with Crippen LogP contribution >= 0.6 is 0 Å². The van der Waals surface area contributed by atoms with Gasteiger partial charge in [-0.25, -0.2) is 4.99 Å². The summed E-state index contributed by atoms with van der Waals surface area (Å²) in [5, 5.41) is 2.13. The van der Waals surface area contributed by atoms with Crippen LogP contribution in [0, 0.1) is 0 Å². The maximum absolute atomic E-state index is 12.6. The van der Waals surface area contributed by atoms with Crippen LogP contribution in [-0.4, -0.2) is 23.5 Å². The molecule has 0 aromatic heterocycles. The normalized spacial score (nSPS) is 16.9. The smallest absolute Gasteiger partial charge is 0.287 e. The Morgan fingerprint density at radius 1 is 1.00 bits per heavy atom. The SMILES string of the molecule is C/C(=N\C(=O)[C@H]1CC(=O)c2ccccc2O1)c1cccc2ccccc12. The van der Waals surface area contributed by atoms with Crippen LogP contribution in [0.25, 0.3) is 10.8 Å². The molecule has 0 aliphatic carbocycles. The van der Waals surface area contributed by atoms with Gasteiger partial charge in [-0.05, 0) is 29.8 Å². The van der Waals surface area contributed by atoms with Crippen molar-refractivity contribution in [1.29, 1.82) is 0 Å². The Morgan fingerprint density at radius 3 is 2.62 bits per heavy atom. The molecule has 0 bridgehead atoms. The highest BCUT2D eigenvalue weighted by Gasteiger charge is 2.31. The number of aliphatic imine (C=N–C) groups is 1. The minimum atomic E-state index is -0.873. The fourth-order valence-corrected chi connectivity index (χ4v) is 3.25. The van der Waals surface area contributed by atoms with Crippen molar-refractivity contribution in [3.8, 4) is 5.75 Å². The second-order valence-corrected chi connectivity index (χ2v) is 6.29. The van der Waals surface area contributed by atoms with E-state index in [-0.39, 0.29) is 12.2 Å². The minimum absolute atomic E-state index is 0.0160. The van der Waals surface area contributed by atoms with Gasteiger partial charge in [0.25, 0.3) is 5.91 Å². The second kappa shape index (κ2) is 6.56. The molecule has 1 amide bonds. The molecule has 0 saturated carbocycles. The zero-order chi connectivity index (χ0) is 18.1. The third-order valence-electron chi connectivity index (χ3n) is 4.56. The molecule has 0 saturated heterocycles. The summed E-state index contributed by atoms with van der Waals surface area (Å²) in [5.41, 5.74) is 2.03. The average molecular weight is 343 g/mol. The molecule has 1 aliphatic rings. The molecular weight excluding hydrogens is 326 g/mol. The van der Waals surface area contributed by atoms with E-state index in [1.165, 1.54) is 0 Å². The first-order valence-corrected chi connectivity index (χ1v) is 8.49. The molecule has 4 rings (SSSR count). The van der Waals surface area contributed by atoms with Crippen molar-refractivity contribution >= 4 is 28.2 Å². The lowest BCUT2D eigenvalue weighted by Gasteiger charge is -2.22. The number of nitrogens with zero attached hydrogens (tertiary/aromatic N) is 1. The number of Topliss-reactive ketones (excluding diaryl/α,β-unsaturated/α-hetero) is 1. The molecule has 4 heteroatoms. The number of hydrogen-bond donors (Lipinski definition) is 0. The molecule has 3 aromatic rings. The number of carbonyl (C=O) groups excluding carboxylic acids is 2. The van der Waals surface area contributed by atoms with Crippen molar-refractivity contribution in [1.82, 2.24) is 0 Å². The molecule has 0 fully saturated rings. The number of ketones is 1. The van der Waals surface area contributed by atoms with Gasteiger partial charge in [0.1, 0.15) is 5.75 Å². The summed E-state index contributed by atoms with van der Waals surface area (Å²) in [6, 6.07) is 20.8. The zero-order valence-corrected chi connectivity index (χ0v) is 14.3. The van der Waals surface area contributed by atoms with Gasteiger partial charge in [0.2, 0.25) is 0 Å². The minimum Gasteiger partial charge on any atom is -0.479 e. The fraction of sp³-hybridized carbons (Fsp3) is 0.136. The molecule has 26 heavy (non-hydrogen) atoms. The van der Waals surface area contributed by atoms with Crippen LogP contribution in [0.15, 0.2) is 71.7 Å². The van der Waals surface area contributed by atoms with Gasteiger partial charge in [0.15, 0.2) is 11.9 Å². The van der Waals surface area contributed by atoms with Gasteiger partial charge < -0.3 is 4.74 Å². The van der Waals surface area contributed by atoms with E-state index in [1.54, 1.807) is 31.2 Å². The molecule has 4 nitrogen and oxygen atoms in total.